The molecule has 2 aliphatic heterocycles. The molecular weight excluding hydrogens is 318 g/mol. The topological polar surface area (TPSA) is 87.7 Å². The van der Waals surface area contributed by atoms with Gasteiger partial charge >= 0.3 is 0 Å². The van der Waals surface area contributed by atoms with Crippen LogP contribution in [0.25, 0.3) is 0 Å². The molecule has 0 saturated carbocycles. The van der Waals surface area contributed by atoms with Crippen LogP contribution in [0.2, 0.25) is 0 Å². The monoisotopic (exact) mass is 347 g/mol. The molecule has 1 aliphatic carbocycles. The second-order valence-electron chi connectivity index (χ2n) is 7.65. The summed E-state index contributed by atoms with van der Waals surface area (Å²) in [6, 6.07) is 0. The van der Waals surface area contributed by atoms with Gasteiger partial charge in [0.15, 0.2) is 0 Å². The Kier molecular flexibility index (Phi) is 5.05. The van der Waals surface area contributed by atoms with Crippen molar-refractivity contribution in [3.05, 3.63) is 11.3 Å². The molecular formula is C18H29N5O2. The van der Waals surface area contributed by atoms with Crippen LogP contribution in [0.4, 0.5) is 11.8 Å². The van der Waals surface area contributed by atoms with Crippen molar-refractivity contribution < 1.29 is 9.84 Å². The van der Waals surface area contributed by atoms with Crippen molar-refractivity contribution in [1.29, 1.82) is 0 Å². The van der Waals surface area contributed by atoms with Crippen LogP contribution in [0.15, 0.2) is 0 Å². The van der Waals surface area contributed by atoms with Crippen LogP contribution in [0.5, 0.6) is 0 Å². The largest absolute Gasteiger partial charge is 0.396 e. The van der Waals surface area contributed by atoms with Gasteiger partial charge in [-0.25, -0.2) is 4.98 Å². The Balaban J connectivity index is 1.53. The summed E-state index contributed by atoms with van der Waals surface area (Å²) >= 11 is 0. The molecule has 0 spiro atoms. The Bertz CT molecular complexity index is 605. The molecule has 138 valence electrons. The second-order valence-corrected chi connectivity index (χ2v) is 7.65. The van der Waals surface area contributed by atoms with E-state index in [-0.39, 0.29) is 6.61 Å². The van der Waals surface area contributed by atoms with Gasteiger partial charge in [-0.1, -0.05) is 0 Å². The standard InChI is InChI=1S/C18H29N5O2/c19-18-20-16-3-1-2-15(16)17(21-18)23-10-13(8-14(11-23)12-24)9-22-4-6-25-7-5-22/h13-14,24H,1-12H2,(H2,19,20,21)/t13-,14-/m0/s1. The van der Waals surface area contributed by atoms with Crippen molar-refractivity contribution >= 4 is 11.8 Å². The van der Waals surface area contributed by atoms with E-state index in [1.54, 1.807) is 0 Å². The van der Waals surface area contributed by atoms with E-state index in [1.165, 1.54) is 5.56 Å². The summed E-state index contributed by atoms with van der Waals surface area (Å²) in [6.45, 7) is 6.83. The Hall–Kier alpha value is -1.44. The fourth-order valence-corrected chi connectivity index (χ4v) is 4.60. The zero-order valence-electron chi connectivity index (χ0n) is 14.9. The number of rotatable bonds is 4. The third kappa shape index (κ3) is 3.73. The molecule has 1 aromatic heterocycles. The number of ether oxygens (including phenoxy) is 1. The highest BCUT2D eigenvalue weighted by Gasteiger charge is 2.32. The number of morpholine rings is 1. The quantitative estimate of drug-likeness (QED) is 0.811. The van der Waals surface area contributed by atoms with E-state index in [0.717, 1.165) is 83.1 Å². The van der Waals surface area contributed by atoms with Crippen molar-refractivity contribution in [2.45, 2.75) is 25.7 Å². The lowest BCUT2D eigenvalue weighted by Crippen LogP contribution is -2.48. The lowest BCUT2D eigenvalue weighted by Gasteiger charge is -2.41. The van der Waals surface area contributed by atoms with Gasteiger partial charge < -0.3 is 20.5 Å². The van der Waals surface area contributed by atoms with Gasteiger partial charge in [-0.15, -0.1) is 0 Å². The molecule has 0 aromatic carbocycles. The molecule has 3 N–H and O–H groups in total. The van der Waals surface area contributed by atoms with Gasteiger partial charge in [-0.2, -0.15) is 4.98 Å². The fraction of sp³-hybridized carbons (Fsp3) is 0.778. The predicted octanol–water partition coefficient (Wildman–Crippen LogP) is 0.315. The Morgan fingerprint density at radius 3 is 2.72 bits per heavy atom. The number of fused-ring (bicyclic) bond motifs is 1. The Morgan fingerprint density at radius 1 is 1.12 bits per heavy atom. The first-order chi connectivity index (χ1) is 12.2. The lowest BCUT2D eigenvalue weighted by atomic mass is 9.89. The van der Waals surface area contributed by atoms with Gasteiger partial charge in [-0.05, 0) is 37.5 Å². The molecule has 7 nitrogen and oxygen atoms in total. The predicted molar refractivity (Wildman–Crippen MR) is 96.6 cm³/mol. The minimum Gasteiger partial charge on any atom is -0.396 e. The van der Waals surface area contributed by atoms with Gasteiger partial charge in [0.25, 0.3) is 0 Å². The summed E-state index contributed by atoms with van der Waals surface area (Å²) in [5, 5.41) is 9.81. The van der Waals surface area contributed by atoms with Crippen LogP contribution in [0, 0.1) is 11.8 Å². The zero-order chi connectivity index (χ0) is 17.2. The van der Waals surface area contributed by atoms with Gasteiger partial charge in [0.1, 0.15) is 5.82 Å². The van der Waals surface area contributed by atoms with Crippen molar-refractivity contribution in [1.82, 2.24) is 14.9 Å². The fourth-order valence-electron chi connectivity index (χ4n) is 4.60. The van der Waals surface area contributed by atoms with Crippen molar-refractivity contribution in [2.75, 3.05) is 63.2 Å². The van der Waals surface area contributed by atoms with Crippen LogP contribution in [-0.2, 0) is 17.6 Å². The molecule has 3 heterocycles. The van der Waals surface area contributed by atoms with Crippen molar-refractivity contribution in [3.8, 4) is 0 Å². The second kappa shape index (κ2) is 7.43. The molecule has 0 radical (unpaired) electrons. The van der Waals surface area contributed by atoms with Crippen molar-refractivity contribution in [2.24, 2.45) is 11.8 Å². The Morgan fingerprint density at radius 2 is 1.92 bits per heavy atom. The smallest absolute Gasteiger partial charge is 0.222 e. The summed E-state index contributed by atoms with van der Waals surface area (Å²) in [4.78, 5) is 13.9. The average molecular weight is 347 g/mol. The van der Waals surface area contributed by atoms with Gasteiger partial charge in [0.2, 0.25) is 5.95 Å². The van der Waals surface area contributed by atoms with Crippen LogP contribution in [-0.4, -0.2) is 72.5 Å². The number of hydrogen-bond acceptors (Lipinski definition) is 7. The SMILES string of the molecule is Nc1nc2c(c(N3C[C@@H](CO)C[C@@H](CN4CCOCC4)C3)n1)CCC2. The zero-order valence-corrected chi connectivity index (χ0v) is 14.9. The summed E-state index contributed by atoms with van der Waals surface area (Å²) in [6.07, 6.45) is 4.25. The highest BCUT2D eigenvalue weighted by molar-refractivity contribution is 5.54. The van der Waals surface area contributed by atoms with E-state index in [9.17, 15) is 5.11 Å². The van der Waals surface area contributed by atoms with E-state index in [2.05, 4.69) is 19.8 Å². The van der Waals surface area contributed by atoms with E-state index in [0.29, 0.717) is 17.8 Å². The number of aliphatic hydroxyl groups excluding tert-OH is 1. The molecule has 0 amide bonds. The third-order valence-electron chi connectivity index (χ3n) is 5.73. The van der Waals surface area contributed by atoms with Crippen LogP contribution in [0.1, 0.15) is 24.1 Å². The highest BCUT2D eigenvalue weighted by atomic mass is 16.5. The minimum absolute atomic E-state index is 0.235. The number of aromatic nitrogens is 2. The lowest BCUT2D eigenvalue weighted by molar-refractivity contribution is 0.0268. The number of piperidine rings is 1. The van der Waals surface area contributed by atoms with Crippen molar-refractivity contribution in [3.63, 3.8) is 0 Å². The van der Waals surface area contributed by atoms with Gasteiger partial charge in [-0.3, -0.25) is 4.90 Å². The molecule has 0 unspecified atom stereocenters. The first-order valence-electron chi connectivity index (χ1n) is 9.54. The molecule has 4 rings (SSSR count). The van der Waals surface area contributed by atoms with E-state index < -0.39 is 0 Å². The summed E-state index contributed by atoms with van der Waals surface area (Å²) in [7, 11) is 0. The summed E-state index contributed by atoms with van der Waals surface area (Å²) in [5.41, 5.74) is 8.37. The molecule has 1 aromatic rings. The number of nitrogens with two attached hydrogens (primary N) is 1. The molecule has 2 saturated heterocycles. The minimum atomic E-state index is 0.235. The number of aryl methyl sites for hydroxylation is 1. The third-order valence-corrected chi connectivity index (χ3v) is 5.73. The molecule has 2 fully saturated rings. The summed E-state index contributed by atoms with van der Waals surface area (Å²) < 4.78 is 5.46. The van der Waals surface area contributed by atoms with E-state index in [1.807, 2.05) is 0 Å². The van der Waals surface area contributed by atoms with Crippen LogP contribution in [0.3, 0.4) is 0 Å². The maximum absolute atomic E-state index is 9.81. The van der Waals surface area contributed by atoms with Gasteiger partial charge in [0.05, 0.1) is 18.9 Å². The first-order valence-corrected chi connectivity index (χ1v) is 9.54. The summed E-state index contributed by atoms with van der Waals surface area (Å²) in [5.74, 6) is 2.24. The van der Waals surface area contributed by atoms with E-state index in [4.69, 9.17) is 10.5 Å². The Labute approximate surface area is 149 Å². The molecule has 2 atom stereocenters. The van der Waals surface area contributed by atoms with E-state index >= 15 is 0 Å². The van der Waals surface area contributed by atoms with Gasteiger partial charge in [0, 0.05) is 44.9 Å². The van der Waals surface area contributed by atoms with Crippen LogP contribution >= 0.6 is 0 Å². The first kappa shape index (κ1) is 17.0. The maximum Gasteiger partial charge on any atom is 0.222 e. The van der Waals surface area contributed by atoms with Crippen LogP contribution < -0.4 is 10.6 Å². The normalized spacial score (nSPS) is 27.5. The number of anilines is 2. The number of aliphatic hydroxyl groups is 1. The molecule has 3 aliphatic rings. The maximum atomic E-state index is 9.81. The molecule has 7 heteroatoms. The molecule has 0 bridgehead atoms. The average Bonchev–Trinajstić information content (AvgIpc) is 3.09. The number of nitrogen functional groups attached to an aromatic ring is 1. The highest BCUT2D eigenvalue weighted by Crippen LogP contribution is 2.33. The number of hydrogen-bond donors (Lipinski definition) is 2. The molecule has 25 heavy (non-hydrogen) atoms. The number of nitrogens with zero attached hydrogens (tertiary/aromatic N) is 4.